The maximum atomic E-state index is 6.86. The number of nitrogens with zero attached hydrogens (tertiary/aromatic N) is 1. The van der Waals surface area contributed by atoms with Crippen molar-refractivity contribution >= 4 is 35.0 Å². The molecule has 5 heteroatoms. The van der Waals surface area contributed by atoms with Gasteiger partial charge >= 0.3 is 0 Å². The monoisotopic (exact) mass is 378 g/mol. The SMILES string of the molecule is N[C@@H]1CCC[C@H]1C1SC2=CC=C(Cl)N(Cc3ccccc3)C2=C1Cl. The standard InChI is InChI=1S/C19H20Cl2N2S/c20-16-10-9-15-18(23(16)11-12-5-2-1-3-6-12)17(21)19(24-15)13-7-4-8-14(13)22/h1-3,5-6,9-10,13-14,19H,4,7-8,11,22H2/t13-,14-,19?/m1/s1. The van der Waals surface area contributed by atoms with Crippen LogP contribution in [0.1, 0.15) is 24.8 Å². The molecule has 2 heterocycles. The molecule has 0 saturated heterocycles. The van der Waals surface area contributed by atoms with Crippen LogP contribution in [0.25, 0.3) is 0 Å². The van der Waals surface area contributed by atoms with Gasteiger partial charge in [0.2, 0.25) is 0 Å². The van der Waals surface area contributed by atoms with Crippen LogP contribution in [0.2, 0.25) is 0 Å². The van der Waals surface area contributed by atoms with Crippen molar-refractivity contribution in [2.75, 3.05) is 0 Å². The summed E-state index contributed by atoms with van der Waals surface area (Å²) in [5.74, 6) is 0.457. The molecule has 2 aliphatic heterocycles. The van der Waals surface area contributed by atoms with E-state index in [0.717, 1.165) is 30.1 Å². The Morgan fingerprint density at radius 3 is 2.62 bits per heavy atom. The Hall–Kier alpha value is -0.870. The third kappa shape index (κ3) is 2.92. The molecule has 4 rings (SSSR count). The zero-order valence-corrected chi connectivity index (χ0v) is 15.6. The first kappa shape index (κ1) is 16.6. The summed E-state index contributed by atoms with van der Waals surface area (Å²) in [6, 6.07) is 10.6. The normalized spacial score (nSPS) is 29.6. The molecule has 126 valence electrons. The molecule has 3 aliphatic rings. The molecule has 0 aromatic heterocycles. The van der Waals surface area contributed by atoms with E-state index < -0.39 is 0 Å². The minimum atomic E-state index is 0.253. The summed E-state index contributed by atoms with van der Waals surface area (Å²) in [6.07, 6.45) is 7.53. The van der Waals surface area contributed by atoms with Crippen LogP contribution in [-0.4, -0.2) is 16.2 Å². The summed E-state index contributed by atoms with van der Waals surface area (Å²) in [5.41, 5.74) is 8.62. The van der Waals surface area contributed by atoms with Gasteiger partial charge in [-0.25, -0.2) is 0 Å². The molecular formula is C19H20Cl2N2S. The van der Waals surface area contributed by atoms with Crippen molar-refractivity contribution in [1.82, 2.24) is 4.90 Å². The third-order valence-corrected chi connectivity index (χ3v) is 7.36. The third-order valence-electron chi connectivity index (χ3n) is 5.06. The van der Waals surface area contributed by atoms with E-state index in [4.69, 9.17) is 28.9 Å². The predicted molar refractivity (Wildman–Crippen MR) is 104 cm³/mol. The van der Waals surface area contributed by atoms with Gasteiger partial charge in [0.1, 0.15) is 5.16 Å². The lowest BCUT2D eigenvalue weighted by Crippen LogP contribution is -2.31. The maximum absolute atomic E-state index is 6.86. The highest BCUT2D eigenvalue weighted by Crippen LogP contribution is 2.53. The molecule has 0 bridgehead atoms. The second kappa shape index (κ2) is 6.80. The van der Waals surface area contributed by atoms with Gasteiger partial charge in [-0.05, 0) is 36.5 Å². The molecule has 1 saturated carbocycles. The second-order valence-electron chi connectivity index (χ2n) is 6.59. The van der Waals surface area contributed by atoms with E-state index in [1.807, 2.05) is 36.0 Å². The van der Waals surface area contributed by atoms with Gasteiger partial charge in [-0.1, -0.05) is 60.0 Å². The van der Waals surface area contributed by atoms with E-state index in [9.17, 15) is 0 Å². The van der Waals surface area contributed by atoms with Gasteiger partial charge in [-0.15, -0.1) is 11.8 Å². The van der Waals surface area contributed by atoms with E-state index in [1.54, 1.807) is 0 Å². The fourth-order valence-electron chi connectivity index (χ4n) is 3.81. The smallest absolute Gasteiger partial charge is 0.109 e. The Morgan fingerprint density at radius 1 is 1.12 bits per heavy atom. The van der Waals surface area contributed by atoms with Crippen LogP contribution in [0.5, 0.6) is 0 Å². The predicted octanol–water partition coefficient (Wildman–Crippen LogP) is 5.16. The summed E-state index contributed by atoms with van der Waals surface area (Å²) in [6.45, 7) is 0.725. The molecule has 0 amide bonds. The van der Waals surface area contributed by atoms with Crippen molar-refractivity contribution in [2.45, 2.75) is 37.1 Å². The summed E-state index contributed by atoms with van der Waals surface area (Å²) in [5, 5.41) is 1.89. The Labute approximate surface area is 157 Å². The Morgan fingerprint density at radius 2 is 1.92 bits per heavy atom. The Kier molecular flexibility index (Phi) is 4.70. The lowest BCUT2D eigenvalue weighted by atomic mass is 9.98. The maximum Gasteiger partial charge on any atom is 0.109 e. The summed E-state index contributed by atoms with van der Waals surface area (Å²) >= 11 is 15.2. The number of fused-ring (bicyclic) bond motifs is 1. The van der Waals surface area contributed by atoms with Crippen molar-refractivity contribution < 1.29 is 0 Å². The van der Waals surface area contributed by atoms with E-state index in [1.165, 1.54) is 16.9 Å². The van der Waals surface area contributed by atoms with E-state index in [0.29, 0.717) is 11.1 Å². The van der Waals surface area contributed by atoms with Gasteiger partial charge in [0.05, 0.1) is 16.0 Å². The highest BCUT2D eigenvalue weighted by atomic mass is 35.5. The van der Waals surface area contributed by atoms with E-state index in [-0.39, 0.29) is 11.3 Å². The minimum absolute atomic E-state index is 0.253. The average molecular weight is 379 g/mol. The highest BCUT2D eigenvalue weighted by Gasteiger charge is 2.42. The Bertz CT molecular complexity index is 726. The summed E-state index contributed by atoms with van der Waals surface area (Å²) in [4.78, 5) is 3.34. The van der Waals surface area contributed by atoms with Crippen molar-refractivity contribution in [3.63, 3.8) is 0 Å². The van der Waals surface area contributed by atoms with Gasteiger partial charge in [0.15, 0.2) is 0 Å². The zero-order valence-electron chi connectivity index (χ0n) is 13.3. The quantitative estimate of drug-likeness (QED) is 0.736. The molecule has 2 nitrogen and oxygen atoms in total. The number of benzene rings is 1. The summed E-state index contributed by atoms with van der Waals surface area (Å²) < 4.78 is 0. The van der Waals surface area contributed by atoms with E-state index in [2.05, 4.69) is 23.1 Å². The van der Waals surface area contributed by atoms with Gasteiger partial charge in [-0.2, -0.15) is 0 Å². The molecule has 1 fully saturated rings. The van der Waals surface area contributed by atoms with Crippen LogP contribution >= 0.6 is 35.0 Å². The molecule has 1 aliphatic carbocycles. The highest BCUT2D eigenvalue weighted by molar-refractivity contribution is 8.04. The van der Waals surface area contributed by atoms with Crippen molar-refractivity contribution in [1.29, 1.82) is 0 Å². The van der Waals surface area contributed by atoms with Gasteiger partial charge < -0.3 is 10.6 Å². The van der Waals surface area contributed by atoms with Crippen LogP contribution in [0, 0.1) is 5.92 Å². The largest absolute Gasteiger partial charge is 0.327 e. The van der Waals surface area contributed by atoms with Crippen molar-refractivity contribution in [3.8, 4) is 0 Å². The molecule has 1 aromatic rings. The van der Waals surface area contributed by atoms with Crippen molar-refractivity contribution in [2.24, 2.45) is 11.7 Å². The topological polar surface area (TPSA) is 29.3 Å². The first-order chi connectivity index (χ1) is 11.6. The molecule has 0 radical (unpaired) electrons. The lowest BCUT2D eigenvalue weighted by molar-refractivity contribution is 0.446. The fourth-order valence-corrected chi connectivity index (χ4v) is 6.05. The minimum Gasteiger partial charge on any atom is -0.327 e. The first-order valence-corrected chi connectivity index (χ1v) is 10.00. The number of rotatable bonds is 3. The molecule has 3 atom stereocenters. The summed E-state index contributed by atoms with van der Waals surface area (Å²) in [7, 11) is 0. The number of thioether (sulfide) groups is 1. The van der Waals surface area contributed by atoms with Crippen molar-refractivity contribution in [3.05, 3.63) is 68.8 Å². The number of allylic oxidation sites excluding steroid dienone is 2. The van der Waals surface area contributed by atoms with E-state index >= 15 is 0 Å². The molecule has 1 aromatic carbocycles. The first-order valence-electron chi connectivity index (χ1n) is 8.36. The average Bonchev–Trinajstić information content (AvgIpc) is 3.15. The van der Waals surface area contributed by atoms with Crippen LogP contribution < -0.4 is 5.73 Å². The number of nitrogens with two attached hydrogens (primary N) is 1. The molecule has 24 heavy (non-hydrogen) atoms. The van der Waals surface area contributed by atoms with Gasteiger partial charge in [0, 0.05) is 17.5 Å². The van der Waals surface area contributed by atoms with Crippen LogP contribution in [-0.2, 0) is 6.54 Å². The van der Waals surface area contributed by atoms with Gasteiger partial charge in [0.25, 0.3) is 0 Å². The van der Waals surface area contributed by atoms with Gasteiger partial charge in [-0.3, -0.25) is 0 Å². The lowest BCUT2D eigenvalue weighted by Gasteiger charge is -2.28. The number of halogens is 2. The zero-order chi connectivity index (χ0) is 16.7. The Balaban J connectivity index is 1.66. The fraction of sp³-hybridized carbons (Fsp3) is 0.368. The molecule has 0 spiro atoms. The molecule has 1 unspecified atom stereocenters. The van der Waals surface area contributed by atoms with Crippen LogP contribution in [0.3, 0.4) is 0 Å². The molecular weight excluding hydrogens is 359 g/mol. The number of hydrogen-bond acceptors (Lipinski definition) is 3. The van der Waals surface area contributed by atoms with Crippen LogP contribution in [0.4, 0.5) is 0 Å². The molecule has 2 N–H and O–H groups in total. The number of hydrogen-bond donors (Lipinski definition) is 1. The second-order valence-corrected chi connectivity index (χ2v) is 8.56. The van der Waals surface area contributed by atoms with Crippen LogP contribution in [0.15, 0.2) is 63.3 Å².